The lowest BCUT2D eigenvalue weighted by molar-refractivity contribution is 0.420. The fraction of sp³-hybridized carbons (Fsp3) is 0.0889. The molecule has 0 unspecified atom stereocenters. The van der Waals surface area contributed by atoms with E-state index in [4.69, 9.17) is 15.0 Å². The third-order valence-corrected chi connectivity index (χ3v) is 9.81. The van der Waals surface area contributed by atoms with Crippen LogP contribution in [0, 0.1) is 0 Å². The molecule has 0 N–H and O–H groups in total. The summed E-state index contributed by atoms with van der Waals surface area (Å²) in [5.41, 5.74) is 9.20. The summed E-state index contributed by atoms with van der Waals surface area (Å²) in [4.78, 5) is 15.4. The number of benzene rings is 7. The quantitative estimate of drug-likeness (QED) is 0.187. The summed E-state index contributed by atoms with van der Waals surface area (Å²) in [6.45, 7) is 0. The minimum absolute atomic E-state index is 0.655. The van der Waals surface area contributed by atoms with Gasteiger partial charge in [-0.1, -0.05) is 152 Å². The maximum Gasteiger partial charge on any atom is 0.164 e. The fourth-order valence-corrected chi connectivity index (χ4v) is 7.02. The standard InChI is InChI=1S/C45H33N3/c1-3-23-39-31(11-1)15-9-25-41(39)44-46-43(47-45(48-44)42-26-10-16-32-12-2-4-24-40(32)42)38-22-8-21-37(29-38)36-20-7-19-35(28-36)34-18-6-17-33(27-34)30-13-5-14-30/h1-4,6-12,15-30H,5,13-14H2. The highest BCUT2D eigenvalue weighted by atomic mass is 15.0. The summed E-state index contributed by atoms with van der Waals surface area (Å²) < 4.78 is 0. The Balaban J connectivity index is 1.17. The van der Waals surface area contributed by atoms with E-state index in [0.29, 0.717) is 23.4 Å². The van der Waals surface area contributed by atoms with Crippen molar-refractivity contribution in [2.45, 2.75) is 25.2 Å². The van der Waals surface area contributed by atoms with Crippen LogP contribution in [0.15, 0.2) is 158 Å². The van der Waals surface area contributed by atoms with Gasteiger partial charge in [0.05, 0.1) is 0 Å². The molecule has 1 aliphatic rings. The molecule has 1 aromatic heterocycles. The number of aromatic nitrogens is 3. The van der Waals surface area contributed by atoms with Crippen molar-refractivity contribution in [2.24, 2.45) is 0 Å². The van der Waals surface area contributed by atoms with Crippen molar-refractivity contribution >= 4 is 21.5 Å². The Kier molecular flexibility index (Phi) is 7.09. The molecule has 48 heavy (non-hydrogen) atoms. The van der Waals surface area contributed by atoms with Crippen LogP contribution in [0.3, 0.4) is 0 Å². The first-order chi connectivity index (χ1) is 23.8. The largest absolute Gasteiger partial charge is 0.208 e. The topological polar surface area (TPSA) is 38.7 Å². The summed E-state index contributed by atoms with van der Waals surface area (Å²) in [6, 6.07) is 56.0. The molecule has 1 fully saturated rings. The number of fused-ring (bicyclic) bond motifs is 2. The Hall–Kier alpha value is -5.93. The predicted octanol–water partition coefficient (Wildman–Crippen LogP) is 11.8. The second-order valence-corrected chi connectivity index (χ2v) is 12.8. The molecule has 1 aliphatic carbocycles. The van der Waals surface area contributed by atoms with Crippen LogP contribution in [0.5, 0.6) is 0 Å². The Morgan fingerprint density at radius 3 is 1.38 bits per heavy atom. The first kappa shape index (κ1) is 28.3. The maximum absolute atomic E-state index is 5.15. The third-order valence-electron chi connectivity index (χ3n) is 9.81. The van der Waals surface area contributed by atoms with E-state index >= 15 is 0 Å². The molecule has 1 saturated carbocycles. The van der Waals surface area contributed by atoms with Crippen molar-refractivity contribution in [1.82, 2.24) is 15.0 Å². The SMILES string of the molecule is c1cc(-c2cccc(-c3nc(-c4cccc5ccccc45)nc(-c4cccc5ccccc45)n3)c2)cc(-c2cccc(C3CCC3)c2)c1. The zero-order valence-corrected chi connectivity index (χ0v) is 26.6. The van der Waals surface area contributed by atoms with Gasteiger partial charge < -0.3 is 0 Å². The fourth-order valence-electron chi connectivity index (χ4n) is 7.02. The van der Waals surface area contributed by atoms with E-state index in [2.05, 4.69) is 158 Å². The average Bonchev–Trinajstić information content (AvgIpc) is 3.14. The van der Waals surface area contributed by atoms with Gasteiger partial charge in [0.25, 0.3) is 0 Å². The summed E-state index contributed by atoms with van der Waals surface area (Å²) in [5.74, 6) is 2.70. The van der Waals surface area contributed by atoms with E-state index in [1.165, 1.54) is 41.5 Å². The lowest BCUT2D eigenvalue weighted by Crippen LogP contribution is -2.08. The van der Waals surface area contributed by atoms with Gasteiger partial charge in [0, 0.05) is 16.7 Å². The van der Waals surface area contributed by atoms with E-state index in [9.17, 15) is 0 Å². The summed E-state index contributed by atoms with van der Waals surface area (Å²) in [6.07, 6.45) is 3.95. The molecular weight excluding hydrogens is 583 g/mol. The number of rotatable bonds is 6. The van der Waals surface area contributed by atoms with Gasteiger partial charge >= 0.3 is 0 Å². The Labute approximate surface area is 280 Å². The first-order valence-electron chi connectivity index (χ1n) is 16.8. The number of nitrogens with zero attached hydrogens (tertiary/aromatic N) is 3. The van der Waals surface area contributed by atoms with Crippen molar-refractivity contribution in [2.75, 3.05) is 0 Å². The monoisotopic (exact) mass is 615 g/mol. The van der Waals surface area contributed by atoms with Crippen molar-refractivity contribution in [3.63, 3.8) is 0 Å². The van der Waals surface area contributed by atoms with Crippen LogP contribution in [0.25, 0.3) is 78.0 Å². The van der Waals surface area contributed by atoms with Gasteiger partial charge in [0.2, 0.25) is 0 Å². The summed E-state index contributed by atoms with van der Waals surface area (Å²) in [5, 5.41) is 4.55. The molecule has 8 aromatic rings. The minimum atomic E-state index is 0.655. The zero-order chi connectivity index (χ0) is 31.9. The molecule has 3 nitrogen and oxygen atoms in total. The van der Waals surface area contributed by atoms with Crippen LogP contribution in [0.1, 0.15) is 30.7 Å². The van der Waals surface area contributed by atoms with Crippen molar-refractivity contribution < 1.29 is 0 Å². The molecule has 0 atom stereocenters. The van der Waals surface area contributed by atoms with Crippen molar-refractivity contribution in [3.05, 3.63) is 163 Å². The lowest BCUT2D eigenvalue weighted by Gasteiger charge is -2.26. The minimum Gasteiger partial charge on any atom is -0.208 e. The predicted molar refractivity (Wildman–Crippen MR) is 199 cm³/mol. The van der Waals surface area contributed by atoms with Gasteiger partial charge in [-0.05, 0) is 80.3 Å². The highest BCUT2D eigenvalue weighted by molar-refractivity contribution is 5.97. The smallest absolute Gasteiger partial charge is 0.164 e. The Bertz CT molecular complexity index is 2350. The molecule has 7 aromatic carbocycles. The molecule has 0 radical (unpaired) electrons. The van der Waals surface area contributed by atoms with Gasteiger partial charge in [0.15, 0.2) is 17.5 Å². The second kappa shape index (κ2) is 12.0. The van der Waals surface area contributed by atoms with Gasteiger partial charge in [-0.15, -0.1) is 0 Å². The van der Waals surface area contributed by atoms with Crippen LogP contribution >= 0.6 is 0 Å². The first-order valence-corrected chi connectivity index (χ1v) is 16.8. The van der Waals surface area contributed by atoms with Crippen LogP contribution in [0.4, 0.5) is 0 Å². The highest BCUT2D eigenvalue weighted by Crippen LogP contribution is 2.38. The third kappa shape index (κ3) is 5.24. The van der Waals surface area contributed by atoms with E-state index < -0.39 is 0 Å². The second-order valence-electron chi connectivity index (χ2n) is 12.8. The average molecular weight is 616 g/mol. The van der Waals surface area contributed by atoms with Crippen molar-refractivity contribution in [3.8, 4) is 56.4 Å². The number of hydrogen-bond donors (Lipinski definition) is 0. The molecule has 0 saturated heterocycles. The molecule has 0 bridgehead atoms. The molecule has 0 spiro atoms. The van der Waals surface area contributed by atoms with Crippen LogP contribution in [-0.2, 0) is 0 Å². The van der Waals surface area contributed by atoms with Crippen LogP contribution in [0.2, 0.25) is 0 Å². The molecule has 0 aliphatic heterocycles. The maximum atomic E-state index is 5.15. The van der Waals surface area contributed by atoms with E-state index in [1.54, 1.807) is 0 Å². The molecule has 0 amide bonds. The summed E-state index contributed by atoms with van der Waals surface area (Å²) in [7, 11) is 0. The van der Waals surface area contributed by atoms with E-state index in [0.717, 1.165) is 43.8 Å². The lowest BCUT2D eigenvalue weighted by atomic mass is 9.79. The van der Waals surface area contributed by atoms with Crippen LogP contribution < -0.4 is 0 Å². The van der Waals surface area contributed by atoms with Gasteiger partial charge in [-0.3, -0.25) is 0 Å². The normalized spacial score (nSPS) is 13.1. The molecule has 9 rings (SSSR count). The molecular formula is C45H33N3. The van der Waals surface area contributed by atoms with E-state index in [1.807, 2.05) is 0 Å². The summed E-state index contributed by atoms with van der Waals surface area (Å²) >= 11 is 0. The van der Waals surface area contributed by atoms with Crippen LogP contribution in [-0.4, -0.2) is 15.0 Å². The Morgan fingerprint density at radius 2 is 0.812 bits per heavy atom. The van der Waals surface area contributed by atoms with E-state index in [-0.39, 0.29) is 0 Å². The van der Waals surface area contributed by atoms with Gasteiger partial charge in [-0.25, -0.2) is 15.0 Å². The highest BCUT2D eigenvalue weighted by Gasteiger charge is 2.20. The number of hydrogen-bond acceptors (Lipinski definition) is 3. The Morgan fingerprint density at radius 1 is 0.375 bits per heavy atom. The van der Waals surface area contributed by atoms with Crippen molar-refractivity contribution in [1.29, 1.82) is 0 Å². The molecule has 1 heterocycles. The zero-order valence-electron chi connectivity index (χ0n) is 26.6. The van der Waals surface area contributed by atoms with Gasteiger partial charge in [-0.2, -0.15) is 0 Å². The molecule has 228 valence electrons. The molecule has 3 heteroatoms. The van der Waals surface area contributed by atoms with Gasteiger partial charge in [0.1, 0.15) is 0 Å².